The van der Waals surface area contributed by atoms with Crippen molar-refractivity contribution in [2.45, 2.75) is 20.5 Å². The molecule has 1 rings (SSSR count). The van der Waals surface area contributed by atoms with Crippen LogP contribution in [0.2, 0.25) is 0 Å². The summed E-state index contributed by atoms with van der Waals surface area (Å²) in [5, 5.41) is 4.44. The van der Waals surface area contributed by atoms with Gasteiger partial charge in [-0.25, -0.2) is 9.59 Å². The van der Waals surface area contributed by atoms with Crippen molar-refractivity contribution in [2.75, 3.05) is 26.9 Å². The van der Waals surface area contributed by atoms with Gasteiger partial charge in [-0.3, -0.25) is 10.1 Å². The molecule has 2 N–H and O–H groups in total. The number of hydrogen-bond acceptors (Lipinski definition) is 6. The second-order valence-corrected chi connectivity index (χ2v) is 4.65. The molecule has 0 radical (unpaired) electrons. The van der Waals surface area contributed by atoms with E-state index in [4.69, 9.17) is 14.2 Å². The SMILES string of the molecule is CCNC(=O)NC(=O)COC(=O)c1ccc(OC)c(COCC)c1. The summed E-state index contributed by atoms with van der Waals surface area (Å²) in [5.74, 6) is -0.798. The van der Waals surface area contributed by atoms with Gasteiger partial charge in [0.2, 0.25) is 0 Å². The molecule has 0 saturated carbocycles. The highest BCUT2D eigenvalue weighted by molar-refractivity contribution is 5.97. The zero-order valence-electron chi connectivity index (χ0n) is 14.0. The van der Waals surface area contributed by atoms with E-state index in [-0.39, 0.29) is 5.56 Å². The summed E-state index contributed by atoms with van der Waals surface area (Å²) in [4.78, 5) is 34.7. The van der Waals surface area contributed by atoms with Crippen LogP contribution in [0.4, 0.5) is 4.79 Å². The second-order valence-electron chi connectivity index (χ2n) is 4.65. The first-order valence-corrected chi connectivity index (χ1v) is 7.51. The summed E-state index contributed by atoms with van der Waals surface area (Å²) < 4.78 is 15.4. The Balaban J connectivity index is 2.64. The molecule has 8 heteroatoms. The molecule has 8 nitrogen and oxygen atoms in total. The van der Waals surface area contributed by atoms with E-state index in [1.54, 1.807) is 19.1 Å². The molecular formula is C16H22N2O6. The van der Waals surface area contributed by atoms with Gasteiger partial charge in [0.25, 0.3) is 5.91 Å². The van der Waals surface area contributed by atoms with Crippen molar-refractivity contribution in [1.82, 2.24) is 10.6 Å². The van der Waals surface area contributed by atoms with Gasteiger partial charge in [-0.1, -0.05) is 0 Å². The third-order valence-electron chi connectivity index (χ3n) is 2.90. The van der Waals surface area contributed by atoms with E-state index >= 15 is 0 Å². The molecule has 0 unspecified atom stereocenters. The molecule has 3 amide bonds. The van der Waals surface area contributed by atoms with Gasteiger partial charge in [0.05, 0.1) is 19.3 Å². The van der Waals surface area contributed by atoms with E-state index in [2.05, 4.69) is 5.32 Å². The molecule has 0 aliphatic rings. The zero-order valence-corrected chi connectivity index (χ0v) is 14.0. The number of urea groups is 1. The molecule has 132 valence electrons. The first kappa shape index (κ1) is 19.4. The molecule has 1 aromatic carbocycles. The van der Waals surface area contributed by atoms with Gasteiger partial charge in [-0.2, -0.15) is 0 Å². The van der Waals surface area contributed by atoms with Crippen molar-refractivity contribution >= 4 is 17.9 Å². The highest BCUT2D eigenvalue weighted by Crippen LogP contribution is 2.21. The number of imide groups is 1. The van der Waals surface area contributed by atoms with Crippen LogP contribution in [0, 0.1) is 0 Å². The molecule has 0 bridgehead atoms. The topological polar surface area (TPSA) is 103 Å². The number of rotatable bonds is 8. The molecule has 0 atom stereocenters. The van der Waals surface area contributed by atoms with E-state index in [9.17, 15) is 14.4 Å². The van der Waals surface area contributed by atoms with Crippen molar-refractivity contribution in [3.8, 4) is 5.75 Å². The van der Waals surface area contributed by atoms with Crippen molar-refractivity contribution < 1.29 is 28.6 Å². The van der Waals surface area contributed by atoms with E-state index in [1.165, 1.54) is 13.2 Å². The maximum absolute atomic E-state index is 12.0. The number of benzene rings is 1. The number of methoxy groups -OCH3 is 1. The van der Waals surface area contributed by atoms with Gasteiger partial charge in [-0.15, -0.1) is 0 Å². The smallest absolute Gasteiger partial charge is 0.338 e. The Morgan fingerprint density at radius 3 is 2.54 bits per heavy atom. The lowest BCUT2D eigenvalue weighted by Gasteiger charge is -2.11. The van der Waals surface area contributed by atoms with E-state index in [0.717, 1.165) is 0 Å². The quantitative estimate of drug-likeness (QED) is 0.691. The number of carbonyl (C=O) groups excluding carboxylic acids is 3. The van der Waals surface area contributed by atoms with Crippen LogP contribution in [0.3, 0.4) is 0 Å². The first-order chi connectivity index (χ1) is 11.5. The fraction of sp³-hybridized carbons (Fsp3) is 0.438. The lowest BCUT2D eigenvalue weighted by molar-refractivity contribution is -0.123. The first-order valence-electron chi connectivity index (χ1n) is 7.51. The third-order valence-corrected chi connectivity index (χ3v) is 2.90. The zero-order chi connectivity index (χ0) is 17.9. The Morgan fingerprint density at radius 1 is 1.17 bits per heavy atom. The normalized spacial score (nSPS) is 9.96. The van der Waals surface area contributed by atoms with E-state index in [1.807, 2.05) is 12.2 Å². The van der Waals surface area contributed by atoms with Crippen molar-refractivity contribution in [1.29, 1.82) is 0 Å². The van der Waals surface area contributed by atoms with Crippen molar-refractivity contribution in [3.05, 3.63) is 29.3 Å². The average Bonchev–Trinajstić information content (AvgIpc) is 2.57. The maximum Gasteiger partial charge on any atom is 0.338 e. The lowest BCUT2D eigenvalue weighted by atomic mass is 10.1. The number of nitrogens with one attached hydrogen (secondary N) is 2. The number of amides is 3. The van der Waals surface area contributed by atoms with Gasteiger partial charge in [0.15, 0.2) is 6.61 Å². The summed E-state index contributed by atoms with van der Waals surface area (Å²) in [7, 11) is 1.52. The van der Waals surface area contributed by atoms with Crippen molar-refractivity contribution in [2.24, 2.45) is 0 Å². The molecular weight excluding hydrogens is 316 g/mol. The summed E-state index contributed by atoms with van der Waals surface area (Å²) in [6.07, 6.45) is 0. The minimum absolute atomic E-state index is 0.260. The summed E-state index contributed by atoms with van der Waals surface area (Å²) in [6, 6.07) is 4.10. The standard InChI is InChI=1S/C16H22N2O6/c1-4-17-16(21)18-14(19)10-24-15(20)11-6-7-13(22-3)12(8-11)9-23-5-2/h6-8H,4-5,9-10H2,1-3H3,(H2,17,18,19,21). The largest absolute Gasteiger partial charge is 0.496 e. The molecule has 0 fully saturated rings. The van der Waals surface area contributed by atoms with Crippen LogP contribution in [0.1, 0.15) is 29.8 Å². The minimum Gasteiger partial charge on any atom is -0.496 e. The Morgan fingerprint density at radius 2 is 1.92 bits per heavy atom. The molecule has 0 saturated heterocycles. The predicted octanol–water partition coefficient (Wildman–Crippen LogP) is 1.23. The molecule has 0 aliphatic heterocycles. The monoisotopic (exact) mass is 338 g/mol. The van der Waals surface area contributed by atoms with E-state index < -0.39 is 24.5 Å². The van der Waals surface area contributed by atoms with Crippen LogP contribution >= 0.6 is 0 Å². The highest BCUT2D eigenvalue weighted by atomic mass is 16.5. The highest BCUT2D eigenvalue weighted by Gasteiger charge is 2.14. The van der Waals surface area contributed by atoms with Gasteiger partial charge in [0, 0.05) is 18.7 Å². The molecule has 0 heterocycles. The summed E-state index contributed by atoms with van der Waals surface area (Å²) in [6.45, 7) is 4.22. The predicted molar refractivity (Wildman–Crippen MR) is 85.8 cm³/mol. The number of hydrogen-bond donors (Lipinski definition) is 2. The lowest BCUT2D eigenvalue weighted by Crippen LogP contribution is -2.41. The van der Waals surface area contributed by atoms with Crippen LogP contribution < -0.4 is 15.4 Å². The average molecular weight is 338 g/mol. The summed E-state index contributed by atoms with van der Waals surface area (Å²) >= 11 is 0. The Bertz CT molecular complexity index is 588. The van der Waals surface area contributed by atoms with Crippen LogP contribution in [0.15, 0.2) is 18.2 Å². The van der Waals surface area contributed by atoms with Crippen LogP contribution in [0.5, 0.6) is 5.75 Å². The second kappa shape index (κ2) is 10.2. The minimum atomic E-state index is -0.711. The van der Waals surface area contributed by atoms with Gasteiger partial charge in [-0.05, 0) is 32.0 Å². The van der Waals surface area contributed by atoms with Crippen LogP contribution in [-0.4, -0.2) is 44.8 Å². The van der Waals surface area contributed by atoms with Gasteiger partial charge < -0.3 is 19.5 Å². The number of ether oxygens (including phenoxy) is 3. The number of carbonyl (C=O) groups is 3. The fourth-order valence-corrected chi connectivity index (χ4v) is 1.81. The third kappa shape index (κ3) is 6.25. The molecule has 0 aliphatic carbocycles. The van der Waals surface area contributed by atoms with Crippen LogP contribution in [0.25, 0.3) is 0 Å². The number of esters is 1. The Labute approximate surface area is 140 Å². The summed E-state index contributed by atoms with van der Waals surface area (Å²) in [5.41, 5.74) is 0.955. The molecule has 0 aromatic heterocycles. The van der Waals surface area contributed by atoms with Crippen molar-refractivity contribution in [3.63, 3.8) is 0 Å². The fourth-order valence-electron chi connectivity index (χ4n) is 1.81. The van der Waals surface area contributed by atoms with Crippen LogP contribution in [-0.2, 0) is 20.9 Å². The van der Waals surface area contributed by atoms with E-state index in [0.29, 0.717) is 31.1 Å². The molecule has 24 heavy (non-hydrogen) atoms. The van der Waals surface area contributed by atoms with Gasteiger partial charge in [0.1, 0.15) is 5.75 Å². The molecule has 0 spiro atoms. The van der Waals surface area contributed by atoms with Gasteiger partial charge >= 0.3 is 12.0 Å². The Hall–Kier alpha value is -2.61. The maximum atomic E-state index is 12.0. The molecule has 1 aromatic rings. The Kier molecular flexibility index (Phi) is 8.28.